The fraction of sp³-hybridized carbons (Fsp3) is 0.158. The van der Waals surface area contributed by atoms with E-state index in [0.29, 0.717) is 10.7 Å². The fourth-order valence-corrected chi connectivity index (χ4v) is 3.20. The molecule has 0 aliphatic rings. The van der Waals surface area contributed by atoms with Crippen molar-refractivity contribution in [3.63, 3.8) is 0 Å². The van der Waals surface area contributed by atoms with E-state index in [1.807, 2.05) is 25.1 Å². The van der Waals surface area contributed by atoms with E-state index in [2.05, 4.69) is 42.3 Å². The van der Waals surface area contributed by atoms with E-state index in [0.717, 1.165) is 16.1 Å². The third-order valence-electron chi connectivity index (χ3n) is 3.83. The molecule has 0 aliphatic carbocycles. The molecule has 1 N–H and O–H groups in total. The van der Waals surface area contributed by atoms with E-state index in [-0.39, 0.29) is 5.91 Å². The van der Waals surface area contributed by atoms with Crippen molar-refractivity contribution < 1.29 is 4.79 Å². The Morgan fingerprint density at radius 2 is 1.74 bits per heavy atom. The smallest absolute Gasteiger partial charge is 0.257 e. The zero-order valence-electron chi connectivity index (χ0n) is 13.4. The van der Waals surface area contributed by atoms with Crippen molar-refractivity contribution in [3.05, 3.63) is 70.1 Å². The summed E-state index contributed by atoms with van der Waals surface area (Å²) in [5, 5.41) is 3.51. The molecule has 3 nitrogen and oxygen atoms in total. The van der Waals surface area contributed by atoms with Gasteiger partial charge in [0.1, 0.15) is 0 Å². The largest absolute Gasteiger partial charge is 0.298 e. The molecular formula is C19H18N2OS. The van der Waals surface area contributed by atoms with Crippen LogP contribution in [0.3, 0.4) is 0 Å². The SMILES string of the molecule is Cc1ccc(-c2nc(NC(=O)c3ccccc3)sc2C)cc1C. The Morgan fingerprint density at radius 1 is 1.00 bits per heavy atom. The van der Waals surface area contributed by atoms with Gasteiger partial charge in [0.2, 0.25) is 0 Å². The van der Waals surface area contributed by atoms with Crippen LogP contribution in [-0.4, -0.2) is 10.9 Å². The number of carbonyl (C=O) groups is 1. The molecule has 0 unspecified atom stereocenters. The first-order valence-corrected chi connectivity index (χ1v) is 8.27. The summed E-state index contributed by atoms with van der Waals surface area (Å²) in [5.41, 5.74) is 5.15. The molecule has 0 atom stereocenters. The maximum atomic E-state index is 12.2. The Morgan fingerprint density at radius 3 is 2.43 bits per heavy atom. The molecule has 3 aromatic rings. The topological polar surface area (TPSA) is 42.0 Å². The second kappa shape index (κ2) is 6.34. The lowest BCUT2D eigenvalue weighted by molar-refractivity contribution is 0.102. The number of hydrogen-bond donors (Lipinski definition) is 1. The second-order valence-electron chi connectivity index (χ2n) is 5.54. The first-order valence-electron chi connectivity index (χ1n) is 7.46. The first-order chi connectivity index (χ1) is 11.0. The minimum absolute atomic E-state index is 0.133. The predicted molar refractivity (Wildman–Crippen MR) is 96.2 cm³/mol. The van der Waals surface area contributed by atoms with E-state index in [1.54, 1.807) is 12.1 Å². The van der Waals surface area contributed by atoms with Gasteiger partial charge in [-0.15, -0.1) is 11.3 Å². The molecule has 3 rings (SSSR count). The van der Waals surface area contributed by atoms with Gasteiger partial charge in [0, 0.05) is 16.0 Å². The molecule has 23 heavy (non-hydrogen) atoms. The number of nitrogens with zero attached hydrogens (tertiary/aromatic N) is 1. The van der Waals surface area contributed by atoms with E-state index in [9.17, 15) is 4.79 Å². The van der Waals surface area contributed by atoms with Crippen molar-refractivity contribution >= 4 is 22.4 Å². The summed E-state index contributed by atoms with van der Waals surface area (Å²) in [4.78, 5) is 17.9. The molecule has 1 aromatic heterocycles. The lowest BCUT2D eigenvalue weighted by Crippen LogP contribution is -2.11. The molecule has 0 radical (unpaired) electrons. The number of benzene rings is 2. The third kappa shape index (κ3) is 3.32. The monoisotopic (exact) mass is 322 g/mol. The number of carbonyl (C=O) groups excluding carboxylic acids is 1. The van der Waals surface area contributed by atoms with Gasteiger partial charge in [-0.25, -0.2) is 4.98 Å². The average Bonchev–Trinajstić information content (AvgIpc) is 2.91. The fourth-order valence-electron chi connectivity index (χ4n) is 2.37. The molecule has 116 valence electrons. The number of aryl methyl sites for hydroxylation is 3. The van der Waals surface area contributed by atoms with Gasteiger partial charge >= 0.3 is 0 Å². The van der Waals surface area contributed by atoms with Crippen LogP contribution >= 0.6 is 11.3 Å². The Bertz CT molecular complexity index is 853. The van der Waals surface area contributed by atoms with Crippen molar-refractivity contribution in [1.82, 2.24) is 4.98 Å². The minimum atomic E-state index is -0.133. The molecule has 0 spiro atoms. The number of nitrogens with one attached hydrogen (secondary N) is 1. The van der Waals surface area contributed by atoms with E-state index >= 15 is 0 Å². The van der Waals surface area contributed by atoms with Crippen LogP contribution < -0.4 is 5.32 Å². The molecule has 1 heterocycles. The van der Waals surface area contributed by atoms with Gasteiger partial charge in [-0.05, 0) is 50.1 Å². The van der Waals surface area contributed by atoms with Gasteiger partial charge in [0.05, 0.1) is 5.69 Å². The lowest BCUT2D eigenvalue weighted by Gasteiger charge is -2.04. The summed E-state index contributed by atoms with van der Waals surface area (Å²) in [6, 6.07) is 15.5. The molecule has 1 amide bonds. The summed E-state index contributed by atoms with van der Waals surface area (Å²) in [6.07, 6.45) is 0. The van der Waals surface area contributed by atoms with Crippen LogP contribution in [0.5, 0.6) is 0 Å². The van der Waals surface area contributed by atoms with Crippen LogP contribution in [0.15, 0.2) is 48.5 Å². The van der Waals surface area contributed by atoms with Gasteiger partial charge in [0.25, 0.3) is 5.91 Å². The van der Waals surface area contributed by atoms with Crippen molar-refractivity contribution in [2.75, 3.05) is 5.32 Å². The second-order valence-corrected chi connectivity index (χ2v) is 6.75. The number of rotatable bonds is 3. The van der Waals surface area contributed by atoms with Crippen molar-refractivity contribution in [1.29, 1.82) is 0 Å². The highest BCUT2D eigenvalue weighted by atomic mass is 32.1. The van der Waals surface area contributed by atoms with Crippen molar-refractivity contribution in [2.24, 2.45) is 0 Å². The van der Waals surface area contributed by atoms with E-state index < -0.39 is 0 Å². The first kappa shape index (κ1) is 15.4. The molecular weight excluding hydrogens is 304 g/mol. The van der Waals surface area contributed by atoms with Gasteiger partial charge < -0.3 is 0 Å². The Balaban J connectivity index is 1.86. The van der Waals surface area contributed by atoms with Crippen LogP contribution in [0.1, 0.15) is 26.4 Å². The quantitative estimate of drug-likeness (QED) is 0.738. The number of anilines is 1. The summed E-state index contributed by atoms with van der Waals surface area (Å²) in [5.74, 6) is -0.133. The van der Waals surface area contributed by atoms with Crippen molar-refractivity contribution in [3.8, 4) is 11.3 Å². The highest BCUT2D eigenvalue weighted by Crippen LogP contribution is 2.31. The zero-order chi connectivity index (χ0) is 16.4. The number of aromatic nitrogens is 1. The van der Waals surface area contributed by atoms with Crippen LogP contribution in [0.2, 0.25) is 0 Å². The Labute approximate surface area is 140 Å². The standard InChI is InChI=1S/C19H18N2OS/c1-12-9-10-16(11-13(12)2)17-14(3)23-19(20-17)21-18(22)15-7-5-4-6-8-15/h4-11H,1-3H3,(H,20,21,22). The normalized spacial score (nSPS) is 10.6. The predicted octanol–water partition coefficient (Wildman–Crippen LogP) is 4.99. The number of hydrogen-bond acceptors (Lipinski definition) is 3. The lowest BCUT2D eigenvalue weighted by atomic mass is 10.0. The maximum Gasteiger partial charge on any atom is 0.257 e. The molecule has 0 saturated carbocycles. The summed E-state index contributed by atoms with van der Waals surface area (Å²) < 4.78 is 0. The van der Waals surface area contributed by atoms with Crippen molar-refractivity contribution in [2.45, 2.75) is 20.8 Å². The molecule has 0 aliphatic heterocycles. The maximum absolute atomic E-state index is 12.2. The van der Waals surface area contributed by atoms with Gasteiger partial charge in [-0.2, -0.15) is 0 Å². The molecule has 2 aromatic carbocycles. The van der Waals surface area contributed by atoms with Crippen LogP contribution in [0.4, 0.5) is 5.13 Å². The van der Waals surface area contributed by atoms with E-state index in [1.165, 1.54) is 22.5 Å². The Hall–Kier alpha value is -2.46. The highest BCUT2D eigenvalue weighted by molar-refractivity contribution is 7.16. The highest BCUT2D eigenvalue weighted by Gasteiger charge is 2.13. The van der Waals surface area contributed by atoms with Crippen LogP contribution in [-0.2, 0) is 0 Å². The molecule has 0 saturated heterocycles. The zero-order valence-corrected chi connectivity index (χ0v) is 14.2. The molecule has 0 fully saturated rings. The summed E-state index contributed by atoms with van der Waals surface area (Å²) >= 11 is 1.50. The minimum Gasteiger partial charge on any atom is -0.298 e. The third-order valence-corrected chi connectivity index (χ3v) is 4.72. The van der Waals surface area contributed by atoms with Crippen LogP contribution in [0, 0.1) is 20.8 Å². The number of amides is 1. The van der Waals surface area contributed by atoms with E-state index in [4.69, 9.17) is 0 Å². The molecule has 0 bridgehead atoms. The molecule has 4 heteroatoms. The number of thiazole rings is 1. The summed E-state index contributed by atoms with van der Waals surface area (Å²) in [7, 11) is 0. The van der Waals surface area contributed by atoms with Gasteiger partial charge in [-0.3, -0.25) is 10.1 Å². The van der Waals surface area contributed by atoms with Gasteiger partial charge in [0.15, 0.2) is 5.13 Å². The van der Waals surface area contributed by atoms with Gasteiger partial charge in [-0.1, -0.05) is 30.3 Å². The van der Waals surface area contributed by atoms with Crippen LogP contribution in [0.25, 0.3) is 11.3 Å². The average molecular weight is 322 g/mol. The Kier molecular flexibility index (Phi) is 4.26. The summed E-state index contributed by atoms with van der Waals surface area (Å²) in [6.45, 7) is 6.22.